The Morgan fingerprint density at radius 2 is 1.89 bits per heavy atom. The molecule has 0 amide bonds. The number of hydrogen-bond acceptors (Lipinski definition) is 4. The number of anilines is 2. The van der Waals surface area contributed by atoms with Gasteiger partial charge in [-0.1, -0.05) is 18.2 Å². The normalized spacial score (nSPS) is 10.5. The summed E-state index contributed by atoms with van der Waals surface area (Å²) in [6.07, 6.45) is 3.55. The van der Waals surface area contributed by atoms with E-state index in [1.807, 2.05) is 42.5 Å². The molecule has 4 nitrogen and oxygen atoms in total. The van der Waals surface area contributed by atoms with Gasteiger partial charge in [0.15, 0.2) is 0 Å². The second kappa shape index (κ2) is 4.94. The van der Waals surface area contributed by atoms with Crippen molar-refractivity contribution in [1.82, 2.24) is 9.97 Å². The first kappa shape index (κ1) is 11.5. The van der Waals surface area contributed by atoms with E-state index in [0.29, 0.717) is 12.2 Å². The van der Waals surface area contributed by atoms with Crippen molar-refractivity contribution in [3.05, 3.63) is 60.6 Å². The summed E-state index contributed by atoms with van der Waals surface area (Å²) in [7, 11) is 0. The lowest BCUT2D eigenvalue weighted by Crippen LogP contribution is -2.02. The Morgan fingerprint density at radius 3 is 2.74 bits per heavy atom. The summed E-state index contributed by atoms with van der Waals surface area (Å²) in [5, 5.41) is 4.40. The zero-order valence-corrected chi connectivity index (χ0v) is 10.4. The van der Waals surface area contributed by atoms with Crippen LogP contribution in [-0.2, 0) is 6.54 Å². The lowest BCUT2D eigenvalue weighted by atomic mass is 10.1. The van der Waals surface area contributed by atoms with E-state index in [9.17, 15) is 0 Å². The molecule has 0 bridgehead atoms. The van der Waals surface area contributed by atoms with Gasteiger partial charge in [0.2, 0.25) is 0 Å². The van der Waals surface area contributed by atoms with Crippen molar-refractivity contribution >= 4 is 22.3 Å². The molecule has 2 aromatic heterocycles. The summed E-state index contributed by atoms with van der Waals surface area (Å²) in [6.45, 7) is 0.675. The van der Waals surface area contributed by atoms with Gasteiger partial charge in [-0.15, -0.1) is 0 Å². The lowest BCUT2D eigenvalue weighted by Gasteiger charge is -2.09. The predicted octanol–water partition coefficient (Wildman–Crippen LogP) is 2.82. The minimum Gasteiger partial charge on any atom is -0.397 e. The van der Waals surface area contributed by atoms with Crippen LogP contribution in [0.5, 0.6) is 0 Å². The van der Waals surface area contributed by atoms with Gasteiger partial charge in [-0.2, -0.15) is 0 Å². The molecule has 2 heterocycles. The van der Waals surface area contributed by atoms with E-state index in [0.717, 1.165) is 22.3 Å². The molecule has 3 N–H and O–H groups in total. The molecule has 94 valence electrons. The van der Waals surface area contributed by atoms with Crippen LogP contribution >= 0.6 is 0 Å². The van der Waals surface area contributed by atoms with Gasteiger partial charge in [0.25, 0.3) is 0 Å². The average molecular weight is 250 g/mol. The van der Waals surface area contributed by atoms with E-state index in [-0.39, 0.29) is 0 Å². The topological polar surface area (TPSA) is 63.8 Å². The first-order chi connectivity index (χ1) is 9.34. The Bertz CT molecular complexity index is 695. The number of nitrogens with two attached hydrogens (primary N) is 1. The van der Waals surface area contributed by atoms with Gasteiger partial charge in [0.1, 0.15) is 0 Å². The maximum absolute atomic E-state index is 5.93. The fourth-order valence-electron chi connectivity index (χ4n) is 2.04. The van der Waals surface area contributed by atoms with Crippen molar-refractivity contribution in [1.29, 1.82) is 0 Å². The Labute approximate surface area is 111 Å². The summed E-state index contributed by atoms with van der Waals surface area (Å²) >= 11 is 0. The maximum atomic E-state index is 5.93. The van der Waals surface area contributed by atoms with Gasteiger partial charge in [-0.25, -0.2) is 0 Å². The molecule has 0 atom stereocenters. The highest BCUT2D eigenvalue weighted by atomic mass is 14.9. The van der Waals surface area contributed by atoms with Crippen LogP contribution in [0.2, 0.25) is 0 Å². The smallest absolute Gasteiger partial charge is 0.0951 e. The highest BCUT2D eigenvalue weighted by molar-refractivity contribution is 5.97. The van der Waals surface area contributed by atoms with Gasteiger partial charge in [0, 0.05) is 23.5 Å². The number of aromatic nitrogens is 2. The Balaban J connectivity index is 1.91. The van der Waals surface area contributed by atoms with Crippen molar-refractivity contribution in [2.24, 2.45) is 0 Å². The molecule has 0 fully saturated rings. The van der Waals surface area contributed by atoms with E-state index in [4.69, 9.17) is 5.73 Å². The molecule has 0 saturated carbocycles. The molecule has 0 aliphatic rings. The highest BCUT2D eigenvalue weighted by Gasteiger charge is 2.04. The molecule has 3 aromatic rings. The van der Waals surface area contributed by atoms with E-state index < -0.39 is 0 Å². The van der Waals surface area contributed by atoms with Crippen molar-refractivity contribution in [2.45, 2.75) is 6.54 Å². The van der Waals surface area contributed by atoms with Crippen LogP contribution < -0.4 is 11.1 Å². The third-order valence-corrected chi connectivity index (χ3v) is 2.99. The number of nitrogens with one attached hydrogen (secondary N) is 1. The van der Waals surface area contributed by atoms with E-state index in [1.165, 1.54) is 0 Å². The number of para-hydroxylation sites is 1. The summed E-state index contributed by atoms with van der Waals surface area (Å²) in [5.41, 5.74) is 9.46. The first-order valence-electron chi connectivity index (χ1n) is 6.11. The van der Waals surface area contributed by atoms with Crippen molar-refractivity contribution in [3.63, 3.8) is 0 Å². The molecular formula is C15H14N4. The number of pyridine rings is 2. The molecule has 4 heteroatoms. The van der Waals surface area contributed by atoms with Crippen molar-refractivity contribution in [2.75, 3.05) is 11.1 Å². The molecule has 0 aliphatic heterocycles. The number of benzene rings is 1. The van der Waals surface area contributed by atoms with Gasteiger partial charge in [-0.05, 0) is 24.3 Å². The van der Waals surface area contributed by atoms with Gasteiger partial charge in [-0.3, -0.25) is 9.97 Å². The molecule has 0 spiro atoms. The number of nitrogen functional groups attached to an aromatic ring is 1. The van der Waals surface area contributed by atoms with Gasteiger partial charge < -0.3 is 11.1 Å². The summed E-state index contributed by atoms with van der Waals surface area (Å²) in [5.74, 6) is 0. The van der Waals surface area contributed by atoms with Crippen LogP contribution in [0.4, 0.5) is 11.4 Å². The second-order valence-electron chi connectivity index (χ2n) is 4.28. The Morgan fingerprint density at radius 1 is 0.947 bits per heavy atom. The summed E-state index contributed by atoms with van der Waals surface area (Å²) in [6, 6.07) is 13.6. The Hall–Kier alpha value is -2.62. The van der Waals surface area contributed by atoms with Crippen molar-refractivity contribution < 1.29 is 0 Å². The number of fused-ring (bicyclic) bond motifs is 1. The molecule has 0 unspecified atom stereocenters. The fraction of sp³-hybridized carbons (Fsp3) is 0.0667. The minimum atomic E-state index is 0.675. The predicted molar refractivity (Wildman–Crippen MR) is 77.7 cm³/mol. The SMILES string of the molecule is Nc1cccc2c(NCc3ccccn3)ccnc12. The molecule has 1 aromatic carbocycles. The van der Waals surface area contributed by atoms with Crippen LogP contribution in [-0.4, -0.2) is 9.97 Å². The monoisotopic (exact) mass is 250 g/mol. The van der Waals surface area contributed by atoms with Crippen LogP contribution in [0.25, 0.3) is 10.9 Å². The second-order valence-corrected chi connectivity index (χ2v) is 4.28. The zero-order chi connectivity index (χ0) is 13.1. The lowest BCUT2D eigenvalue weighted by molar-refractivity contribution is 1.05. The zero-order valence-electron chi connectivity index (χ0n) is 10.4. The molecule has 0 radical (unpaired) electrons. The largest absolute Gasteiger partial charge is 0.397 e. The van der Waals surface area contributed by atoms with E-state index in [1.54, 1.807) is 12.4 Å². The third kappa shape index (κ3) is 2.33. The van der Waals surface area contributed by atoms with Gasteiger partial charge in [0.05, 0.1) is 23.4 Å². The molecular weight excluding hydrogens is 236 g/mol. The molecule has 0 aliphatic carbocycles. The van der Waals surface area contributed by atoms with Crippen LogP contribution in [0.3, 0.4) is 0 Å². The minimum absolute atomic E-state index is 0.675. The van der Waals surface area contributed by atoms with Crippen LogP contribution in [0.1, 0.15) is 5.69 Å². The Kier molecular flexibility index (Phi) is 2.98. The van der Waals surface area contributed by atoms with Crippen LogP contribution in [0.15, 0.2) is 54.9 Å². The first-order valence-corrected chi connectivity index (χ1v) is 6.11. The maximum Gasteiger partial charge on any atom is 0.0951 e. The average Bonchev–Trinajstić information content (AvgIpc) is 2.47. The number of hydrogen-bond donors (Lipinski definition) is 2. The molecule has 3 rings (SSSR count). The van der Waals surface area contributed by atoms with E-state index >= 15 is 0 Å². The molecule has 19 heavy (non-hydrogen) atoms. The van der Waals surface area contributed by atoms with Gasteiger partial charge >= 0.3 is 0 Å². The number of rotatable bonds is 3. The van der Waals surface area contributed by atoms with Crippen LogP contribution in [0, 0.1) is 0 Å². The third-order valence-electron chi connectivity index (χ3n) is 2.99. The number of nitrogens with zero attached hydrogens (tertiary/aromatic N) is 2. The van der Waals surface area contributed by atoms with Crippen molar-refractivity contribution in [3.8, 4) is 0 Å². The summed E-state index contributed by atoms with van der Waals surface area (Å²) < 4.78 is 0. The summed E-state index contributed by atoms with van der Waals surface area (Å²) in [4.78, 5) is 8.60. The quantitative estimate of drug-likeness (QED) is 0.702. The highest BCUT2D eigenvalue weighted by Crippen LogP contribution is 2.25. The fourth-order valence-corrected chi connectivity index (χ4v) is 2.04. The standard InChI is InChI=1S/C15H14N4/c16-13-6-3-5-12-14(7-9-18-15(12)13)19-10-11-4-1-2-8-17-11/h1-9H,10,16H2,(H,18,19). The van der Waals surface area contributed by atoms with E-state index in [2.05, 4.69) is 15.3 Å². The molecule has 0 saturated heterocycles.